The zero-order valence-electron chi connectivity index (χ0n) is 29.3. The molecule has 0 radical (unpaired) electrons. The lowest BCUT2D eigenvalue weighted by molar-refractivity contribution is 0.661. The normalized spacial score (nSPS) is 13.0. The van der Waals surface area contributed by atoms with Crippen LogP contribution in [0.25, 0.3) is 65.7 Å². The second kappa shape index (κ2) is 11.8. The first-order valence-corrected chi connectivity index (χ1v) is 18.2. The highest BCUT2D eigenvalue weighted by atomic mass is 15.1. The molecule has 0 aliphatic heterocycles. The summed E-state index contributed by atoms with van der Waals surface area (Å²) in [6, 6.07) is 69.3. The summed E-state index contributed by atoms with van der Waals surface area (Å²) in [6.45, 7) is 4.74. The fraction of sp³-hybridized carbons (Fsp3) is 0.0588. The molecular weight excluding hydrogens is 627 g/mol. The Labute approximate surface area is 305 Å². The van der Waals surface area contributed by atoms with Gasteiger partial charge in [0, 0.05) is 22.2 Å². The van der Waals surface area contributed by atoms with Crippen molar-refractivity contribution in [3.63, 3.8) is 0 Å². The van der Waals surface area contributed by atoms with E-state index in [4.69, 9.17) is 0 Å². The highest BCUT2D eigenvalue weighted by Gasteiger charge is 2.36. The van der Waals surface area contributed by atoms with Gasteiger partial charge >= 0.3 is 0 Å². The summed E-state index contributed by atoms with van der Waals surface area (Å²) >= 11 is 0. The van der Waals surface area contributed by atoms with E-state index in [1.54, 1.807) is 0 Å². The minimum Gasteiger partial charge on any atom is -0.310 e. The van der Waals surface area contributed by atoms with Crippen LogP contribution in [-0.4, -0.2) is 0 Å². The molecule has 0 saturated heterocycles. The molecule has 1 aliphatic rings. The Morgan fingerprint density at radius 3 is 1.67 bits per heavy atom. The molecule has 0 amide bonds. The highest BCUT2D eigenvalue weighted by molar-refractivity contribution is 6.03. The van der Waals surface area contributed by atoms with E-state index >= 15 is 0 Å². The first kappa shape index (κ1) is 30.4. The third-order valence-electron chi connectivity index (χ3n) is 11.2. The first-order chi connectivity index (χ1) is 25.5. The summed E-state index contributed by atoms with van der Waals surface area (Å²) in [5, 5.41) is 7.49. The SMILES string of the molecule is CC1(C)c2ccc(N(c3ccc(-c4ccccc4)cc3)c3cc(-c4ccc5ccccc5c4)cc4ccccc34)cc2-c2cc3ccccc3cc21. The molecule has 9 aromatic rings. The van der Waals surface area contributed by atoms with Gasteiger partial charge < -0.3 is 4.90 Å². The lowest BCUT2D eigenvalue weighted by atomic mass is 9.82. The summed E-state index contributed by atoms with van der Waals surface area (Å²) in [5.41, 5.74) is 13.5. The molecule has 0 aromatic heterocycles. The largest absolute Gasteiger partial charge is 0.310 e. The second-order valence-electron chi connectivity index (χ2n) is 14.6. The van der Waals surface area contributed by atoms with Gasteiger partial charge in [0.1, 0.15) is 0 Å². The second-order valence-corrected chi connectivity index (χ2v) is 14.6. The molecule has 0 saturated carbocycles. The third kappa shape index (κ3) is 4.93. The van der Waals surface area contributed by atoms with Crippen molar-refractivity contribution in [1.82, 2.24) is 0 Å². The van der Waals surface area contributed by atoms with E-state index in [1.807, 2.05) is 0 Å². The van der Waals surface area contributed by atoms with Gasteiger partial charge in [0.15, 0.2) is 0 Å². The molecule has 52 heavy (non-hydrogen) atoms. The molecule has 0 fully saturated rings. The quantitative estimate of drug-likeness (QED) is 0.177. The van der Waals surface area contributed by atoms with E-state index in [0.717, 1.165) is 17.1 Å². The lowest BCUT2D eigenvalue weighted by Gasteiger charge is -2.29. The third-order valence-corrected chi connectivity index (χ3v) is 11.2. The Balaban J connectivity index is 1.21. The zero-order chi connectivity index (χ0) is 34.8. The number of hydrogen-bond acceptors (Lipinski definition) is 1. The number of nitrogens with zero attached hydrogens (tertiary/aromatic N) is 1. The van der Waals surface area contributed by atoms with Gasteiger partial charge in [0.05, 0.1) is 5.69 Å². The summed E-state index contributed by atoms with van der Waals surface area (Å²) in [7, 11) is 0. The number of fused-ring (bicyclic) bond motifs is 6. The van der Waals surface area contributed by atoms with Crippen molar-refractivity contribution in [3.05, 3.63) is 199 Å². The number of anilines is 3. The molecule has 0 atom stereocenters. The van der Waals surface area contributed by atoms with Gasteiger partial charge in [-0.1, -0.05) is 147 Å². The maximum atomic E-state index is 2.47. The maximum Gasteiger partial charge on any atom is 0.0546 e. The molecule has 0 spiro atoms. The smallest absolute Gasteiger partial charge is 0.0546 e. The molecule has 1 nitrogen and oxygen atoms in total. The minimum absolute atomic E-state index is 0.0991. The van der Waals surface area contributed by atoms with Crippen LogP contribution in [0, 0.1) is 0 Å². The average Bonchev–Trinajstić information content (AvgIpc) is 3.41. The maximum absolute atomic E-state index is 2.47. The predicted molar refractivity (Wildman–Crippen MR) is 222 cm³/mol. The Bertz CT molecular complexity index is 2810. The van der Waals surface area contributed by atoms with Gasteiger partial charge in [-0.05, 0) is 126 Å². The van der Waals surface area contributed by atoms with Gasteiger partial charge in [-0.25, -0.2) is 0 Å². The molecular formula is C51H37N. The molecule has 0 N–H and O–H groups in total. The molecule has 1 aliphatic carbocycles. The Morgan fingerprint density at radius 2 is 0.904 bits per heavy atom. The zero-order valence-corrected chi connectivity index (χ0v) is 29.3. The predicted octanol–water partition coefficient (Wildman–Crippen LogP) is 14.3. The molecule has 1 heteroatoms. The van der Waals surface area contributed by atoms with E-state index in [1.165, 1.54) is 76.8 Å². The van der Waals surface area contributed by atoms with Crippen molar-refractivity contribution in [1.29, 1.82) is 0 Å². The summed E-state index contributed by atoms with van der Waals surface area (Å²) < 4.78 is 0. The molecule has 10 rings (SSSR count). The van der Waals surface area contributed by atoms with Crippen molar-refractivity contribution >= 4 is 49.4 Å². The van der Waals surface area contributed by atoms with Gasteiger partial charge in [-0.3, -0.25) is 0 Å². The van der Waals surface area contributed by atoms with Crippen LogP contribution < -0.4 is 4.90 Å². The molecule has 0 unspecified atom stereocenters. The van der Waals surface area contributed by atoms with E-state index in [0.29, 0.717) is 0 Å². The topological polar surface area (TPSA) is 3.24 Å². The van der Waals surface area contributed by atoms with Crippen molar-refractivity contribution in [2.45, 2.75) is 19.3 Å². The van der Waals surface area contributed by atoms with Crippen molar-refractivity contribution < 1.29 is 0 Å². The van der Waals surface area contributed by atoms with Gasteiger partial charge in [-0.15, -0.1) is 0 Å². The Hall–Kier alpha value is -6.44. The summed E-state index contributed by atoms with van der Waals surface area (Å²) in [5.74, 6) is 0. The molecule has 0 bridgehead atoms. The van der Waals surface area contributed by atoms with Crippen LogP contribution in [-0.2, 0) is 5.41 Å². The standard InChI is InChI=1S/C51H37N/c1-51(2)48-27-26-44(33-47(48)46-30-38-16-8-9-17-39(38)31-49(46)51)52(43-24-22-36(23-25-43)34-12-4-3-5-13-34)50-32-42(29-41-18-10-11-19-45(41)50)40-21-20-35-14-6-7-15-37(35)28-40/h3-33H,1-2H3. The Kier molecular flexibility index (Phi) is 6.91. The van der Waals surface area contributed by atoms with Crippen LogP contribution in [0.1, 0.15) is 25.0 Å². The number of benzene rings is 9. The van der Waals surface area contributed by atoms with Crippen LogP contribution in [0.4, 0.5) is 17.1 Å². The van der Waals surface area contributed by atoms with E-state index in [2.05, 4.69) is 207 Å². The fourth-order valence-corrected chi connectivity index (χ4v) is 8.44. The van der Waals surface area contributed by atoms with E-state index in [-0.39, 0.29) is 5.41 Å². The van der Waals surface area contributed by atoms with Crippen molar-refractivity contribution in [3.8, 4) is 33.4 Å². The monoisotopic (exact) mass is 663 g/mol. The minimum atomic E-state index is -0.0991. The highest BCUT2D eigenvalue weighted by Crippen LogP contribution is 2.52. The molecule has 9 aromatic carbocycles. The van der Waals surface area contributed by atoms with Gasteiger partial charge in [0.2, 0.25) is 0 Å². The average molecular weight is 664 g/mol. The van der Waals surface area contributed by atoms with Crippen molar-refractivity contribution in [2.75, 3.05) is 4.90 Å². The van der Waals surface area contributed by atoms with Gasteiger partial charge in [-0.2, -0.15) is 0 Å². The van der Waals surface area contributed by atoms with Crippen molar-refractivity contribution in [2.24, 2.45) is 0 Å². The van der Waals surface area contributed by atoms with Crippen LogP contribution >= 0.6 is 0 Å². The summed E-state index contributed by atoms with van der Waals surface area (Å²) in [4.78, 5) is 2.47. The fourth-order valence-electron chi connectivity index (χ4n) is 8.44. The van der Waals surface area contributed by atoms with E-state index < -0.39 is 0 Å². The lowest BCUT2D eigenvalue weighted by Crippen LogP contribution is -2.15. The number of rotatable bonds is 5. The van der Waals surface area contributed by atoms with Crippen LogP contribution in [0.5, 0.6) is 0 Å². The van der Waals surface area contributed by atoms with Crippen LogP contribution in [0.15, 0.2) is 188 Å². The molecule has 246 valence electrons. The number of hydrogen-bond donors (Lipinski definition) is 0. The van der Waals surface area contributed by atoms with Crippen LogP contribution in [0.2, 0.25) is 0 Å². The van der Waals surface area contributed by atoms with E-state index in [9.17, 15) is 0 Å². The first-order valence-electron chi connectivity index (χ1n) is 18.2. The van der Waals surface area contributed by atoms with Crippen LogP contribution in [0.3, 0.4) is 0 Å². The van der Waals surface area contributed by atoms with Gasteiger partial charge in [0.25, 0.3) is 0 Å². The Morgan fingerprint density at radius 1 is 0.346 bits per heavy atom. The summed E-state index contributed by atoms with van der Waals surface area (Å²) in [6.07, 6.45) is 0. The molecule has 0 heterocycles.